The van der Waals surface area contributed by atoms with Gasteiger partial charge in [-0.2, -0.15) is 0 Å². The van der Waals surface area contributed by atoms with Crippen LogP contribution >= 0.6 is 0 Å². The van der Waals surface area contributed by atoms with Gasteiger partial charge in [0, 0.05) is 53.1 Å². The number of nitrogens with one attached hydrogen (secondary N) is 2. The maximum Gasteiger partial charge on any atom is 0.255 e. The third-order valence-electron chi connectivity index (χ3n) is 6.66. The zero-order valence-corrected chi connectivity index (χ0v) is 19.5. The zero-order valence-electron chi connectivity index (χ0n) is 19.5. The average Bonchev–Trinajstić information content (AvgIpc) is 3.49. The molecule has 2 aromatic carbocycles. The Morgan fingerprint density at radius 3 is 2.78 bits per heavy atom. The van der Waals surface area contributed by atoms with Gasteiger partial charge >= 0.3 is 0 Å². The van der Waals surface area contributed by atoms with E-state index in [9.17, 15) is 19.2 Å². The lowest BCUT2D eigenvalue weighted by Crippen LogP contribution is -2.52. The van der Waals surface area contributed by atoms with Crippen LogP contribution in [0.3, 0.4) is 0 Å². The molecule has 1 fully saturated rings. The van der Waals surface area contributed by atoms with Crippen molar-refractivity contribution in [3.05, 3.63) is 72.2 Å². The summed E-state index contributed by atoms with van der Waals surface area (Å²) in [5.41, 5.74) is 3.08. The van der Waals surface area contributed by atoms with Crippen LogP contribution in [-0.2, 0) is 27.5 Å². The van der Waals surface area contributed by atoms with Crippen LogP contribution in [-0.4, -0.2) is 54.5 Å². The molecule has 0 aliphatic carbocycles. The van der Waals surface area contributed by atoms with Gasteiger partial charge in [0.1, 0.15) is 18.3 Å². The molecule has 0 bridgehead atoms. The number of fused-ring (bicyclic) bond motifs is 2. The average molecular weight is 495 g/mol. The molecule has 4 aromatic rings. The minimum Gasteiger partial charge on any atom is -0.324 e. The topological polar surface area (TPSA) is 139 Å². The Hall–Kier alpha value is -4.93. The summed E-state index contributed by atoms with van der Waals surface area (Å²) in [5.74, 6) is -1.45. The number of carbonyl (C=O) groups excluding carboxylic acids is 4. The van der Waals surface area contributed by atoms with Gasteiger partial charge in [-0.1, -0.05) is 29.5 Å². The van der Waals surface area contributed by atoms with Crippen molar-refractivity contribution >= 4 is 40.1 Å². The molecule has 6 rings (SSSR count). The first-order valence-electron chi connectivity index (χ1n) is 11.8. The minimum atomic E-state index is -0.723. The first kappa shape index (κ1) is 22.5. The second-order valence-electron chi connectivity index (χ2n) is 8.98. The molecule has 184 valence electrons. The van der Waals surface area contributed by atoms with Crippen LogP contribution < -0.4 is 10.6 Å². The Labute approximate surface area is 210 Å². The second kappa shape index (κ2) is 8.94. The Bertz CT molecular complexity index is 1590. The summed E-state index contributed by atoms with van der Waals surface area (Å²) in [4.78, 5) is 55.3. The van der Waals surface area contributed by atoms with Crippen molar-refractivity contribution in [1.29, 1.82) is 0 Å². The fraction of sp³-hybridized carbons (Fsp3) is 0.192. The van der Waals surface area contributed by atoms with E-state index in [2.05, 4.69) is 25.9 Å². The molecule has 0 radical (unpaired) electrons. The van der Waals surface area contributed by atoms with Gasteiger partial charge in [-0.05, 0) is 30.0 Å². The van der Waals surface area contributed by atoms with Crippen LogP contribution in [0, 0.1) is 0 Å². The lowest BCUT2D eigenvalue weighted by molar-refractivity contribution is -0.137. The number of pyridine rings is 1. The van der Waals surface area contributed by atoms with Gasteiger partial charge in [0.05, 0.1) is 6.20 Å². The van der Waals surface area contributed by atoms with Gasteiger partial charge in [-0.3, -0.25) is 29.5 Å². The summed E-state index contributed by atoms with van der Waals surface area (Å²) in [6.45, 7) is 0.0914. The molecular weight excluding hydrogens is 474 g/mol. The lowest BCUT2D eigenvalue weighted by Gasteiger charge is -2.29. The molecule has 1 atom stereocenters. The monoisotopic (exact) mass is 495 g/mol. The maximum atomic E-state index is 13.0. The molecule has 2 N–H and O–H groups in total. The van der Waals surface area contributed by atoms with Crippen molar-refractivity contribution in [3.8, 4) is 11.3 Å². The fourth-order valence-electron chi connectivity index (χ4n) is 4.88. The molecule has 37 heavy (non-hydrogen) atoms. The largest absolute Gasteiger partial charge is 0.324 e. The number of hydrogen-bond acceptors (Lipinski definition) is 7. The lowest BCUT2D eigenvalue weighted by atomic mass is 10.0. The number of hydrogen-bond donors (Lipinski definition) is 2. The number of amides is 4. The highest BCUT2D eigenvalue weighted by Crippen LogP contribution is 2.32. The Morgan fingerprint density at radius 2 is 1.92 bits per heavy atom. The summed E-state index contributed by atoms with van der Waals surface area (Å²) in [7, 11) is 0. The smallest absolute Gasteiger partial charge is 0.255 e. The number of piperidine rings is 1. The second-order valence-corrected chi connectivity index (χ2v) is 8.98. The molecule has 11 nitrogen and oxygen atoms in total. The molecule has 11 heteroatoms. The standard InChI is InChI=1S/C26H21N7O4/c34-23-8-7-22(25(36)29-23)33-12-19-18(26(33)37)5-2-6-20(19)28-24(35)14-32-13-21(30-31-32)17-4-1-3-15-11-27-10-9-16(15)17/h1-6,9-11,13,22H,7-8,12,14H2,(H,28,35)(H,29,34,36). The molecule has 2 aliphatic heterocycles. The van der Waals surface area contributed by atoms with E-state index >= 15 is 0 Å². The highest BCUT2D eigenvalue weighted by Gasteiger charge is 2.39. The number of carbonyl (C=O) groups is 4. The first-order valence-corrected chi connectivity index (χ1v) is 11.8. The van der Waals surface area contributed by atoms with Gasteiger partial charge < -0.3 is 10.2 Å². The maximum absolute atomic E-state index is 13.0. The summed E-state index contributed by atoms with van der Waals surface area (Å²) < 4.78 is 1.45. The number of rotatable bonds is 5. The van der Waals surface area contributed by atoms with Gasteiger partial charge in [0.15, 0.2) is 0 Å². The zero-order chi connectivity index (χ0) is 25.5. The van der Waals surface area contributed by atoms with Crippen LogP contribution in [0.5, 0.6) is 0 Å². The third-order valence-corrected chi connectivity index (χ3v) is 6.66. The quantitative estimate of drug-likeness (QED) is 0.403. The molecule has 4 heterocycles. The van der Waals surface area contributed by atoms with E-state index < -0.39 is 11.9 Å². The predicted octanol–water partition coefficient (Wildman–Crippen LogP) is 1.89. The number of anilines is 1. The normalized spacial score (nSPS) is 17.1. The van der Waals surface area contributed by atoms with Crippen molar-refractivity contribution in [2.75, 3.05) is 5.32 Å². The molecule has 1 saturated heterocycles. The molecule has 4 amide bonds. The number of benzene rings is 2. The van der Waals surface area contributed by atoms with E-state index in [1.54, 1.807) is 36.8 Å². The van der Waals surface area contributed by atoms with Gasteiger partial charge in [0.25, 0.3) is 5.91 Å². The fourth-order valence-corrected chi connectivity index (χ4v) is 4.88. The summed E-state index contributed by atoms with van der Waals surface area (Å²) in [6, 6.07) is 12.1. The van der Waals surface area contributed by atoms with Crippen LogP contribution in [0.2, 0.25) is 0 Å². The van der Waals surface area contributed by atoms with Crippen molar-refractivity contribution in [1.82, 2.24) is 30.2 Å². The molecule has 0 saturated carbocycles. The molecule has 1 unspecified atom stereocenters. The van der Waals surface area contributed by atoms with Crippen molar-refractivity contribution < 1.29 is 19.2 Å². The SMILES string of the molecule is O=C1CCC(N2Cc3c(NC(=O)Cn4cc(-c5cccc6cnccc56)nn4)cccc3C2=O)C(=O)N1. The number of imide groups is 1. The summed E-state index contributed by atoms with van der Waals surface area (Å²) in [5, 5.41) is 15.5. The van der Waals surface area contributed by atoms with Gasteiger partial charge in [-0.15, -0.1) is 5.10 Å². The van der Waals surface area contributed by atoms with E-state index in [1.807, 2.05) is 24.3 Å². The van der Waals surface area contributed by atoms with Crippen LogP contribution in [0.4, 0.5) is 5.69 Å². The van der Waals surface area contributed by atoms with E-state index in [-0.39, 0.29) is 43.7 Å². The minimum absolute atomic E-state index is 0.0756. The Morgan fingerprint density at radius 1 is 1.08 bits per heavy atom. The van der Waals surface area contributed by atoms with E-state index in [4.69, 9.17) is 0 Å². The summed E-state index contributed by atoms with van der Waals surface area (Å²) in [6.07, 6.45) is 5.65. The highest BCUT2D eigenvalue weighted by molar-refractivity contribution is 6.06. The van der Waals surface area contributed by atoms with E-state index in [1.165, 1.54) is 9.58 Å². The Balaban J connectivity index is 1.18. The number of aromatic nitrogens is 4. The third kappa shape index (κ3) is 4.10. The predicted molar refractivity (Wildman–Crippen MR) is 132 cm³/mol. The highest BCUT2D eigenvalue weighted by atomic mass is 16.2. The van der Waals surface area contributed by atoms with Crippen LogP contribution in [0.25, 0.3) is 22.0 Å². The van der Waals surface area contributed by atoms with Gasteiger partial charge in [0.2, 0.25) is 17.7 Å². The molecule has 0 spiro atoms. The van der Waals surface area contributed by atoms with Crippen LogP contribution in [0.15, 0.2) is 61.1 Å². The van der Waals surface area contributed by atoms with Gasteiger partial charge in [-0.25, -0.2) is 4.68 Å². The van der Waals surface area contributed by atoms with E-state index in [0.29, 0.717) is 22.5 Å². The van der Waals surface area contributed by atoms with Crippen LogP contribution in [0.1, 0.15) is 28.8 Å². The molecule has 2 aromatic heterocycles. The molecular formula is C26H21N7O4. The Kier molecular flexibility index (Phi) is 5.44. The van der Waals surface area contributed by atoms with Crippen molar-refractivity contribution in [2.45, 2.75) is 32.0 Å². The van der Waals surface area contributed by atoms with Crippen molar-refractivity contribution in [3.63, 3.8) is 0 Å². The first-order chi connectivity index (χ1) is 18.0. The summed E-state index contributed by atoms with van der Waals surface area (Å²) >= 11 is 0. The van der Waals surface area contributed by atoms with E-state index in [0.717, 1.165) is 16.3 Å². The number of nitrogens with zero attached hydrogens (tertiary/aromatic N) is 5. The van der Waals surface area contributed by atoms with Crippen molar-refractivity contribution in [2.24, 2.45) is 0 Å². The molecule has 2 aliphatic rings.